The second kappa shape index (κ2) is 5.97. The SMILES string of the molecule is Fc1ccc(CC(Br)c2cccc(Cl)c2F)cc1F. The van der Waals surface area contributed by atoms with Crippen LogP contribution in [0.2, 0.25) is 5.02 Å². The predicted molar refractivity (Wildman–Crippen MR) is 73.1 cm³/mol. The molecule has 0 aliphatic carbocycles. The first-order valence-electron chi connectivity index (χ1n) is 5.51. The molecule has 0 heterocycles. The molecule has 2 aromatic rings. The van der Waals surface area contributed by atoms with Gasteiger partial charge in [0.15, 0.2) is 11.6 Å². The second-order valence-corrected chi connectivity index (χ2v) is 5.58. The maximum Gasteiger partial charge on any atom is 0.159 e. The van der Waals surface area contributed by atoms with Crippen LogP contribution in [0, 0.1) is 17.5 Å². The summed E-state index contributed by atoms with van der Waals surface area (Å²) in [6.07, 6.45) is 0.328. The molecular weight excluding hydrogens is 341 g/mol. The van der Waals surface area contributed by atoms with Crippen molar-refractivity contribution in [1.82, 2.24) is 0 Å². The van der Waals surface area contributed by atoms with Crippen LogP contribution in [0.5, 0.6) is 0 Å². The molecule has 1 atom stereocenters. The predicted octanol–water partition coefficient (Wildman–Crippen LogP) is 5.44. The summed E-state index contributed by atoms with van der Waals surface area (Å²) in [4.78, 5) is -0.365. The smallest absolute Gasteiger partial charge is 0.159 e. The van der Waals surface area contributed by atoms with Crippen LogP contribution in [0.1, 0.15) is 16.0 Å². The van der Waals surface area contributed by atoms with Crippen molar-refractivity contribution >= 4 is 27.5 Å². The molecule has 0 saturated heterocycles. The van der Waals surface area contributed by atoms with Crippen LogP contribution in [-0.2, 0) is 6.42 Å². The molecule has 19 heavy (non-hydrogen) atoms. The Balaban J connectivity index is 2.23. The van der Waals surface area contributed by atoms with Crippen LogP contribution in [0.25, 0.3) is 0 Å². The van der Waals surface area contributed by atoms with Crippen molar-refractivity contribution in [2.45, 2.75) is 11.2 Å². The van der Waals surface area contributed by atoms with Gasteiger partial charge in [0.05, 0.1) is 5.02 Å². The fourth-order valence-corrected chi connectivity index (χ4v) is 2.66. The first kappa shape index (κ1) is 14.4. The van der Waals surface area contributed by atoms with Gasteiger partial charge in [-0.2, -0.15) is 0 Å². The Morgan fingerprint density at radius 2 is 1.79 bits per heavy atom. The Labute approximate surface area is 122 Å². The highest BCUT2D eigenvalue weighted by Crippen LogP contribution is 2.32. The van der Waals surface area contributed by atoms with Crippen molar-refractivity contribution in [2.24, 2.45) is 0 Å². The normalized spacial score (nSPS) is 12.5. The number of benzene rings is 2. The lowest BCUT2D eigenvalue weighted by atomic mass is 10.0. The Hall–Kier alpha value is -1.00. The molecule has 0 aliphatic rings. The minimum atomic E-state index is -0.913. The Bertz CT molecular complexity index is 601. The molecule has 0 fully saturated rings. The largest absolute Gasteiger partial charge is 0.205 e. The zero-order valence-electron chi connectivity index (χ0n) is 9.64. The molecule has 0 spiro atoms. The molecule has 0 saturated carbocycles. The number of hydrogen-bond donors (Lipinski definition) is 0. The standard InChI is InChI=1S/C14H9BrClF3/c15-10(9-2-1-3-11(16)14(9)19)6-8-4-5-12(17)13(18)7-8/h1-5,7,10H,6H2. The van der Waals surface area contributed by atoms with E-state index < -0.39 is 17.5 Å². The van der Waals surface area contributed by atoms with Gasteiger partial charge in [0.2, 0.25) is 0 Å². The van der Waals surface area contributed by atoms with Crippen molar-refractivity contribution < 1.29 is 13.2 Å². The monoisotopic (exact) mass is 348 g/mol. The summed E-state index contributed by atoms with van der Waals surface area (Å²) in [7, 11) is 0. The average Bonchev–Trinajstić information content (AvgIpc) is 2.37. The van der Waals surface area contributed by atoms with Crippen molar-refractivity contribution in [2.75, 3.05) is 0 Å². The highest BCUT2D eigenvalue weighted by molar-refractivity contribution is 9.09. The van der Waals surface area contributed by atoms with Gasteiger partial charge >= 0.3 is 0 Å². The number of halogens is 5. The number of hydrogen-bond acceptors (Lipinski definition) is 0. The molecule has 1 unspecified atom stereocenters. The summed E-state index contributed by atoms with van der Waals surface area (Å²) >= 11 is 9.04. The van der Waals surface area contributed by atoms with Gasteiger partial charge in [0, 0.05) is 10.4 Å². The Morgan fingerprint density at radius 3 is 2.47 bits per heavy atom. The fourth-order valence-electron chi connectivity index (χ4n) is 1.75. The summed E-state index contributed by atoms with van der Waals surface area (Å²) in [5, 5.41) is 0.0345. The molecule has 0 aliphatic heterocycles. The molecule has 2 aromatic carbocycles. The van der Waals surface area contributed by atoms with Gasteiger partial charge in [-0.25, -0.2) is 13.2 Å². The van der Waals surface area contributed by atoms with Gasteiger partial charge in [-0.3, -0.25) is 0 Å². The highest BCUT2D eigenvalue weighted by Gasteiger charge is 2.16. The minimum absolute atomic E-state index is 0.0345. The molecule has 0 bridgehead atoms. The second-order valence-electron chi connectivity index (χ2n) is 4.06. The average molecular weight is 350 g/mol. The van der Waals surface area contributed by atoms with Gasteiger partial charge in [-0.1, -0.05) is 45.7 Å². The summed E-state index contributed by atoms with van der Waals surface area (Å²) in [5.41, 5.74) is 0.956. The first-order chi connectivity index (χ1) is 8.99. The molecule has 0 nitrogen and oxygen atoms in total. The van der Waals surface area contributed by atoms with E-state index in [-0.39, 0.29) is 9.85 Å². The lowest BCUT2D eigenvalue weighted by molar-refractivity contribution is 0.507. The van der Waals surface area contributed by atoms with Crippen LogP contribution in [0.4, 0.5) is 13.2 Å². The van der Waals surface area contributed by atoms with Crippen LogP contribution in [0.3, 0.4) is 0 Å². The van der Waals surface area contributed by atoms with Crippen molar-refractivity contribution in [3.8, 4) is 0 Å². The minimum Gasteiger partial charge on any atom is -0.205 e. The molecule has 5 heteroatoms. The molecule has 0 amide bonds. The maximum absolute atomic E-state index is 13.8. The van der Waals surface area contributed by atoms with E-state index in [1.165, 1.54) is 12.1 Å². The summed E-state index contributed by atoms with van der Waals surface area (Å²) < 4.78 is 39.7. The van der Waals surface area contributed by atoms with Gasteiger partial charge in [0.1, 0.15) is 5.82 Å². The summed E-state index contributed by atoms with van der Waals surface area (Å²) in [5.74, 6) is -2.32. The fraction of sp³-hybridized carbons (Fsp3) is 0.143. The van der Waals surface area contributed by atoms with Crippen LogP contribution in [-0.4, -0.2) is 0 Å². The van der Waals surface area contributed by atoms with Crippen molar-refractivity contribution in [3.63, 3.8) is 0 Å². The van der Waals surface area contributed by atoms with Crippen molar-refractivity contribution in [1.29, 1.82) is 0 Å². The lowest BCUT2D eigenvalue weighted by Gasteiger charge is -2.12. The quantitative estimate of drug-likeness (QED) is 0.648. The highest BCUT2D eigenvalue weighted by atomic mass is 79.9. The van der Waals surface area contributed by atoms with E-state index in [0.29, 0.717) is 17.5 Å². The van der Waals surface area contributed by atoms with Crippen LogP contribution >= 0.6 is 27.5 Å². The molecule has 0 aromatic heterocycles. The van der Waals surface area contributed by atoms with Gasteiger partial charge in [0.25, 0.3) is 0 Å². The number of alkyl halides is 1. The van der Waals surface area contributed by atoms with Crippen molar-refractivity contribution in [3.05, 3.63) is 70.0 Å². The third kappa shape index (κ3) is 3.31. The maximum atomic E-state index is 13.8. The zero-order chi connectivity index (χ0) is 14.0. The third-order valence-corrected chi connectivity index (χ3v) is 3.83. The van der Waals surface area contributed by atoms with E-state index >= 15 is 0 Å². The van der Waals surface area contributed by atoms with E-state index in [1.54, 1.807) is 12.1 Å². The zero-order valence-corrected chi connectivity index (χ0v) is 12.0. The van der Waals surface area contributed by atoms with Gasteiger partial charge < -0.3 is 0 Å². The molecule has 0 N–H and O–H groups in total. The van der Waals surface area contributed by atoms with E-state index in [9.17, 15) is 13.2 Å². The van der Waals surface area contributed by atoms with E-state index in [4.69, 9.17) is 11.6 Å². The number of rotatable bonds is 3. The molecule has 100 valence electrons. The Kier molecular flexibility index (Phi) is 4.53. The topological polar surface area (TPSA) is 0 Å². The van der Waals surface area contributed by atoms with E-state index in [0.717, 1.165) is 12.1 Å². The first-order valence-corrected chi connectivity index (χ1v) is 6.80. The molecule has 2 rings (SSSR count). The van der Waals surface area contributed by atoms with Gasteiger partial charge in [-0.05, 0) is 30.2 Å². The van der Waals surface area contributed by atoms with E-state index in [1.807, 2.05) is 0 Å². The van der Waals surface area contributed by atoms with Gasteiger partial charge in [-0.15, -0.1) is 0 Å². The summed E-state index contributed by atoms with van der Waals surface area (Å²) in [6.45, 7) is 0. The molecule has 0 radical (unpaired) electrons. The van der Waals surface area contributed by atoms with Crippen LogP contribution < -0.4 is 0 Å². The molecular formula is C14H9BrClF3. The van der Waals surface area contributed by atoms with Crippen LogP contribution in [0.15, 0.2) is 36.4 Å². The van der Waals surface area contributed by atoms with E-state index in [2.05, 4.69) is 15.9 Å². The Morgan fingerprint density at radius 1 is 1.05 bits per heavy atom. The lowest BCUT2D eigenvalue weighted by Crippen LogP contribution is -2.00. The summed E-state index contributed by atoms with van der Waals surface area (Å²) in [6, 6.07) is 8.32. The third-order valence-electron chi connectivity index (χ3n) is 2.72.